The van der Waals surface area contributed by atoms with Crippen molar-refractivity contribution in [2.45, 2.75) is 33.2 Å². The van der Waals surface area contributed by atoms with E-state index in [4.69, 9.17) is 4.42 Å². The van der Waals surface area contributed by atoms with Crippen LogP contribution in [0.15, 0.2) is 28.7 Å². The third kappa shape index (κ3) is 4.53. The third-order valence-electron chi connectivity index (χ3n) is 3.26. The first-order chi connectivity index (χ1) is 12.0. The molecule has 0 aliphatic carbocycles. The highest BCUT2D eigenvalue weighted by Crippen LogP contribution is 2.19. The Kier molecular flexibility index (Phi) is 5.25. The molecule has 0 saturated carbocycles. The van der Waals surface area contributed by atoms with Gasteiger partial charge in [-0.05, 0) is 39.8 Å². The van der Waals surface area contributed by atoms with Crippen molar-refractivity contribution in [3.63, 3.8) is 0 Å². The van der Waals surface area contributed by atoms with Gasteiger partial charge in [0.2, 0.25) is 0 Å². The lowest BCUT2D eigenvalue weighted by Crippen LogP contribution is -2.44. The topological polar surface area (TPSA) is 88.4 Å². The summed E-state index contributed by atoms with van der Waals surface area (Å²) >= 11 is 0. The van der Waals surface area contributed by atoms with Gasteiger partial charge in [0.1, 0.15) is 5.76 Å². The van der Waals surface area contributed by atoms with Gasteiger partial charge in [-0.1, -0.05) is 0 Å². The molecule has 0 atom stereocenters. The van der Waals surface area contributed by atoms with Gasteiger partial charge in [-0.15, -0.1) is 0 Å². The quantitative estimate of drug-likeness (QED) is 0.644. The number of rotatable bonds is 4. The van der Waals surface area contributed by atoms with Crippen LogP contribution in [-0.2, 0) is 4.79 Å². The number of ketones is 1. The highest BCUT2D eigenvalue weighted by atomic mass is 19.2. The maximum Gasteiger partial charge on any atom is 0.296 e. The van der Waals surface area contributed by atoms with Gasteiger partial charge in [0.05, 0.1) is 5.56 Å². The minimum absolute atomic E-state index is 0.00152. The Morgan fingerprint density at radius 1 is 1.04 bits per heavy atom. The number of amides is 2. The largest absolute Gasteiger partial charge is 0.457 e. The van der Waals surface area contributed by atoms with Crippen molar-refractivity contribution >= 4 is 23.3 Å². The van der Waals surface area contributed by atoms with Crippen LogP contribution in [0, 0.1) is 18.6 Å². The van der Waals surface area contributed by atoms with Crippen LogP contribution in [0.3, 0.4) is 0 Å². The summed E-state index contributed by atoms with van der Waals surface area (Å²) in [5, 5.41) is 4.87. The van der Waals surface area contributed by atoms with Gasteiger partial charge in [-0.2, -0.15) is 0 Å². The Labute approximate surface area is 148 Å². The van der Waals surface area contributed by atoms with Crippen molar-refractivity contribution in [1.82, 2.24) is 5.32 Å². The molecule has 1 aromatic heterocycles. The first kappa shape index (κ1) is 19.3. The maximum absolute atomic E-state index is 13.2. The molecule has 0 aliphatic rings. The predicted molar refractivity (Wildman–Crippen MR) is 90.0 cm³/mol. The molecule has 0 aliphatic heterocycles. The molecular formula is C18H18F2N2O4. The minimum Gasteiger partial charge on any atom is -0.457 e. The number of carbonyl (C=O) groups excluding carboxylic acids is 3. The molecule has 0 fully saturated rings. The lowest BCUT2D eigenvalue weighted by Gasteiger charge is -2.19. The molecule has 6 nitrogen and oxygen atoms in total. The molecule has 0 bridgehead atoms. The van der Waals surface area contributed by atoms with E-state index in [9.17, 15) is 23.2 Å². The van der Waals surface area contributed by atoms with Crippen molar-refractivity contribution in [3.8, 4) is 0 Å². The summed E-state index contributed by atoms with van der Waals surface area (Å²) < 4.78 is 31.4. The number of carbonyl (C=O) groups is 3. The number of nitrogens with one attached hydrogen (secondary N) is 2. The van der Waals surface area contributed by atoms with E-state index in [1.54, 1.807) is 20.8 Å². The number of hydrogen-bond acceptors (Lipinski definition) is 4. The fourth-order valence-electron chi connectivity index (χ4n) is 2.10. The van der Waals surface area contributed by atoms with E-state index in [2.05, 4.69) is 10.6 Å². The van der Waals surface area contributed by atoms with E-state index in [0.717, 1.165) is 18.2 Å². The molecule has 0 spiro atoms. The average molecular weight is 364 g/mol. The first-order valence-corrected chi connectivity index (χ1v) is 7.71. The summed E-state index contributed by atoms with van der Waals surface area (Å²) in [5.41, 5.74) is -0.573. The smallest absolute Gasteiger partial charge is 0.296 e. The molecule has 8 heteroatoms. The molecule has 2 amide bonds. The molecule has 2 aromatic rings. The Morgan fingerprint density at radius 3 is 2.27 bits per heavy atom. The van der Waals surface area contributed by atoms with Gasteiger partial charge in [0.25, 0.3) is 17.6 Å². The zero-order valence-electron chi connectivity index (χ0n) is 14.7. The lowest BCUT2D eigenvalue weighted by atomic mass is 10.1. The monoisotopic (exact) mass is 364 g/mol. The van der Waals surface area contributed by atoms with Crippen molar-refractivity contribution in [3.05, 3.63) is 53.0 Å². The summed E-state index contributed by atoms with van der Waals surface area (Å²) in [7, 11) is 0. The second-order valence-electron chi connectivity index (χ2n) is 6.70. The Morgan fingerprint density at radius 2 is 1.69 bits per heavy atom. The third-order valence-corrected chi connectivity index (χ3v) is 3.26. The molecule has 0 radical (unpaired) electrons. The van der Waals surface area contributed by atoms with Gasteiger partial charge in [-0.3, -0.25) is 14.4 Å². The van der Waals surface area contributed by atoms with Crippen LogP contribution in [0.25, 0.3) is 0 Å². The highest BCUT2D eigenvalue weighted by Gasteiger charge is 2.26. The molecule has 138 valence electrons. The van der Waals surface area contributed by atoms with E-state index in [-0.39, 0.29) is 22.8 Å². The molecule has 2 N–H and O–H groups in total. The lowest BCUT2D eigenvalue weighted by molar-refractivity contribution is -0.118. The van der Waals surface area contributed by atoms with Gasteiger partial charge in [-0.25, -0.2) is 8.78 Å². The van der Waals surface area contributed by atoms with Crippen LogP contribution < -0.4 is 10.6 Å². The Hall–Kier alpha value is -3.03. The molecule has 1 heterocycles. The Bertz CT molecular complexity index is 882. The van der Waals surface area contributed by atoms with Crippen molar-refractivity contribution in [2.24, 2.45) is 0 Å². The van der Waals surface area contributed by atoms with Crippen LogP contribution in [0.4, 0.5) is 14.5 Å². The van der Waals surface area contributed by atoms with Gasteiger partial charge in [0, 0.05) is 23.4 Å². The van der Waals surface area contributed by atoms with Crippen molar-refractivity contribution in [1.29, 1.82) is 0 Å². The second-order valence-corrected chi connectivity index (χ2v) is 6.70. The number of furan rings is 1. The summed E-state index contributed by atoms with van der Waals surface area (Å²) in [6, 6.07) is 4.02. The van der Waals surface area contributed by atoms with Crippen LogP contribution in [-0.4, -0.2) is 23.1 Å². The second kappa shape index (κ2) is 7.07. The SMILES string of the molecule is Cc1oc(C(=O)C(=O)NC(C)(C)C)cc1C(=O)Nc1ccc(F)c(F)c1. The number of Topliss-reactive ketones (excluding diaryl/α,β-unsaturated/α-hetero) is 1. The summed E-state index contributed by atoms with van der Waals surface area (Å²) in [5.74, 6) is -4.81. The fraction of sp³-hybridized carbons (Fsp3) is 0.278. The summed E-state index contributed by atoms with van der Waals surface area (Å²) in [6.45, 7) is 6.59. The number of aryl methyl sites for hydroxylation is 1. The first-order valence-electron chi connectivity index (χ1n) is 7.71. The van der Waals surface area contributed by atoms with Gasteiger partial charge < -0.3 is 15.1 Å². The van der Waals surface area contributed by atoms with E-state index >= 15 is 0 Å². The molecule has 0 unspecified atom stereocenters. The number of anilines is 1. The van der Waals surface area contributed by atoms with Crippen LogP contribution in [0.5, 0.6) is 0 Å². The molecule has 0 saturated heterocycles. The molecule has 1 aromatic carbocycles. The van der Waals surface area contributed by atoms with E-state index < -0.39 is 34.8 Å². The van der Waals surface area contributed by atoms with E-state index in [1.165, 1.54) is 13.0 Å². The maximum atomic E-state index is 13.2. The molecule has 26 heavy (non-hydrogen) atoms. The Balaban J connectivity index is 2.18. The standard InChI is InChI=1S/C18H18F2N2O4/c1-9-11(16(24)21-10-5-6-12(19)13(20)7-10)8-14(26-9)15(23)17(25)22-18(2,3)4/h5-8H,1-4H3,(H,21,24)(H,22,25). The number of halogens is 2. The van der Waals surface area contributed by atoms with Crippen LogP contribution in [0.1, 0.15) is 47.4 Å². The van der Waals surface area contributed by atoms with E-state index in [1.807, 2.05) is 0 Å². The van der Waals surface area contributed by atoms with Gasteiger partial charge in [0.15, 0.2) is 17.4 Å². The highest BCUT2D eigenvalue weighted by molar-refractivity contribution is 6.42. The van der Waals surface area contributed by atoms with Gasteiger partial charge >= 0.3 is 0 Å². The summed E-state index contributed by atoms with van der Waals surface area (Å²) in [4.78, 5) is 36.3. The van der Waals surface area contributed by atoms with Crippen LogP contribution >= 0.6 is 0 Å². The molecular weight excluding hydrogens is 346 g/mol. The zero-order valence-corrected chi connectivity index (χ0v) is 14.7. The fourth-order valence-corrected chi connectivity index (χ4v) is 2.10. The molecule has 2 rings (SSSR count). The zero-order chi connectivity index (χ0) is 19.6. The summed E-state index contributed by atoms with van der Waals surface area (Å²) in [6.07, 6.45) is 0. The minimum atomic E-state index is -1.11. The number of benzene rings is 1. The predicted octanol–water partition coefficient (Wildman–Crippen LogP) is 3.22. The van der Waals surface area contributed by atoms with E-state index in [0.29, 0.717) is 0 Å². The van der Waals surface area contributed by atoms with Crippen molar-refractivity contribution in [2.75, 3.05) is 5.32 Å². The van der Waals surface area contributed by atoms with Crippen LogP contribution in [0.2, 0.25) is 0 Å². The normalized spacial score (nSPS) is 11.2. The van der Waals surface area contributed by atoms with Crippen molar-refractivity contribution < 1.29 is 27.6 Å². The average Bonchev–Trinajstić information content (AvgIpc) is 2.90. The number of hydrogen-bond donors (Lipinski definition) is 2.